The molecule has 1 fully saturated rings. The molecule has 1 amide bonds. The van der Waals surface area contributed by atoms with Crippen LogP contribution in [0.1, 0.15) is 58.3 Å². The number of aryl methyl sites for hydroxylation is 1. The smallest absolute Gasteiger partial charge is 0.274 e. The third-order valence-corrected chi connectivity index (χ3v) is 5.99. The first-order valence-corrected chi connectivity index (χ1v) is 10.5. The predicted molar refractivity (Wildman–Crippen MR) is 108 cm³/mol. The van der Waals surface area contributed by atoms with Gasteiger partial charge in [-0.1, -0.05) is 6.07 Å². The Morgan fingerprint density at radius 3 is 3.00 bits per heavy atom. The van der Waals surface area contributed by atoms with Crippen molar-refractivity contribution < 1.29 is 13.9 Å². The summed E-state index contributed by atoms with van der Waals surface area (Å²) in [4.78, 5) is 14.9. The molecule has 2 aromatic heterocycles. The van der Waals surface area contributed by atoms with Crippen molar-refractivity contribution >= 4 is 5.91 Å². The highest BCUT2D eigenvalue weighted by Gasteiger charge is 2.32. The summed E-state index contributed by atoms with van der Waals surface area (Å²) in [5.41, 5.74) is 4.56. The maximum atomic E-state index is 13.3. The molecule has 0 radical (unpaired) electrons. The van der Waals surface area contributed by atoms with Crippen molar-refractivity contribution in [3.05, 3.63) is 64.5 Å². The molecule has 30 heavy (non-hydrogen) atoms. The zero-order valence-corrected chi connectivity index (χ0v) is 16.7. The summed E-state index contributed by atoms with van der Waals surface area (Å²) in [6.45, 7) is 1.62. The number of nitrogens with one attached hydrogen (secondary N) is 2. The number of amides is 1. The van der Waals surface area contributed by atoms with Crippen molar-refractivity contribution in [3.63, 3.8) is 0 Å². The van der Waals surface area contributed by atoms with Gasteiger partial charge in [0, 0.05) is 36.3 Å². The zero-order valence-electron chi connectivity index (χ0n) is 16.7. The summed E-state index contributed by atoms with van der Waals surface area (Å²) in [6, 6.07) is 8.03. The van der Waals surface area contributed by atoms with Gasteiger partial charge in [0.05, 0.1) is 11.4 Å². The number of ether oxygens (including phenoxy) is 1. The lowest BCUT2D eigenvalue weighted by Gasteiger charge is -2.17. The minimum absolute atomic E-state index is 0.0158. The average molecular weight is 409 g/mol. The summed E-state index contributed by atoms with van der Waals surface area (Å²) in [6.07, 6.45) is 5.04. The van der Waals surface area contributed by atoms with Gasteiger partial charge in [0.15, 0.2) is 5.69 Å². The number of carbonyl (C=O) groups excluding carboxylic acids is 1. The Morgan fingerprint density at radius 1 is 1.20 bits per heavy atom. The van der Waals surface area contributed by atoms with Gasteiger partial charge in [-0.05, 0) is 50.3 Å². The van der Waals surface area contributed by atoms with Crippen LogP contribution in [0.15, 0.2) is 30.3 Å². The number of aromatic amines is 2. The molecule has 2 N–H and O–H groups in total. The van der Waals surface area contributed by atoms with Crippen LogP contribution in [0.3, 0.4) is 0 Å². The highest BCUT2D eigenvalue weighted by molar-refractivity contribution is 5.94. The highest BCUT2D eigenvalue weighted by atomic mass is 19.1. The van der Waals surface area contributed by atoms with Crippen LogP contribution in [0.5, 0.6) is 5.75 Å². The highest BCUT2D eigenvalue weighted by Crippen LogP contribution is 2.29. The number of fused-ring (bicyclic) bond motifs is 1. The van der Waals surface area contributed by atoms with E-state index in [1.807, 2.05) is 11.0 Å². The number of H-pyrrole nitrogens is 2. The average Bonchev–Trinajstić information content (AvgIpc) is 3.51. The van der Waals surface area contributed by atoms with E-state index < -0.39 is 0 Å². The fourth-order valence-electron chi connectivity index (χ4n) is 4.37. The van der Waals surface area contributed by atoms with Gasteiger partial charge < -0.3 is 9.64 Å². The number of rotatable bonds is 5. The standard InChI is InChI=1S/C22H24FN5O2/c23-15-4-3-5-17(10-15)30-13-16-11-20(26-24-16)14-8-9-28(12-14)22(29)21-18-6-1-2-7-19(18)25-27-21/h3-5,10-11,14H,1-2,6-9,12-13H2,(H,24,26)(H,25,27)/t14-/m1/s1. The van der Waals surface area contributed by atoms with Gasteiger partial charge in [0.1, 0.15) is 18.2 Å². The van der Waals surface area contributed by atoms with E-state index in [4.69, 9.17) is 4.74 Å². The van der Waals surface area contributed by atoms with Crippen LogP contribution in [0.25, 0.3) is 0 Å². The van der Waals surface area contributed by atoms with E-state index in [-0.39, 0.29) is 24.2 Å². The van der Waals surface area contributed by atoms with Gasteiger partial charge in [-0.25, -0.2) is 4.39 Å². The number of carbonyl (C=O) groups is 1. The van der Waals surface area contributed by atoms with Crippen LogP contribution in [0.4, 0.5) is 4.39 Å². The Balaban J connectivity index is 1.21. The van der Waals surface area contributed by atoms with Crippen LogP contribution in [0.2, 0.25) is 0 Å². The maximum absolute atomic E-state index is 13.3. The molecule has 8 heteroatoms. The van der Waals surface area contributed by atoms with E-state index in [9.17, 15) is 9.18 Å². The monoisotopic (exact) mass is 409 g/mol. The molecule has 0 saturated carbocycles. The largest absolute Gasteiger partial charge is 0.487 e. The molecular weight excluding hydrogens is 385 g/mol. The third kappa shape index (κ3) is 3.69. The summed E-state index contributed by atoms with van der Waals surface area (Å²) < 4.78 is 18.9. The van der Waals surface area contributed by atoms with Crippen LogP contribution < -0.4 is 4.74 Å². The van der Waals surface area contributed by atoms with E-state index in [1.165, 1.54) is 12.1 Å². The first-order valence-electron chi connectivity index (χ1n) is 10.5. The number of benzene rings is 1. The SMILES string of the molecule is O=C(c1n[nH]c2c1CCCC2)N1CC[C@@H](c2cc(COc3cccc(F)c3)[nH]n2)C1. The van der Waals surface area contributed by atoms with Crippen molar-refractivity contribution in [1.82, 2.24) is 25.3 Å². The second-order valence-electron chi connectivity index (χ2n) is 8.04. The summed E-state index contributed by atoms with van der Waals surface area (Å²) in [5.74, 6) is 0.350. The van der Waals surface area contributed by atoms with Crippen LogP contribution in [-0.4, -0.2) is 44.3 Å². The molecule has 5 rings (SSSR count). The molecular formula is C22H24FN5O2. The fraction of sp³-hybridized carbons (Fsp3) is 0.409. The molecule has 1 saturated heterocycles. The lowest BCUT2D eigenvalue weighted by molar-refractivity contribution is 0.0783. The zero-order chi connectivity index (χ0) is 20.5. The molecule has 1 aliphatic carbocycles. The maximum Gasteiger partial charge on any atom is 0.274 e. The van der Waals surface area contributed by atoms with E-state index in [0.29, 0.717) is 24.5 Å². The lowest BCUT2D eigenvalue weighted by Crippen LogP contribution is -2.29. The van der Waals surface area contributed by atoms with E-state index >= 15 is 0 Å². The summed E-state index contributed by atoms with van der Waals surface area (Å²) >= 11 is 0. The van der Waals surface area contributed by atoms with Crippen molar-refractivity contribution in [2.24, 2.45) is 0 Å². The number of aromatic nitrogens is 4. The van der Waals surface area contributed by atoms with Crippen molar-refractivity contribution in [2.45, 2.75) is 44.6 Å². The van der Waals surface area contributed by atoms with Crippen LogP contribution in [-0.2, 0) is 19.4 Å². The molecule has 0 bridgehead atoms. The molecule has 0 spiro atoms. The van der Waals surface area contributed by atoms with E-state index in [2.05, 4.69) is 20.4 Å². The van der Waals surface area contributed by atoms with Crippen LogP contribution in [0, 0.1) is 5.82 Å². The third-order valence-electron chi connectivity index (χ3n) is 5.99. The number of hydrogen-bond donors (Lipinski definition) is 2. The minimum Gasteiger partial charge on any atom is -0.487 e. The van der Waals surface area contributed by atoms with Gasteiger partial charge >= 0.3 is 0 Å². The number of nitrogens with zero attached hydrogens (tertiary/aromatic N) is 3. The molecule has 3 aromatic rings. The van der Waals surface area contributed by atoms with Gasteiger partial charge in [0.25, 0.3) is 5.91 Å². The van der Waals surface area contributed by atoms with Gasteiger partial charge in [-0.2, -0.15) is 10.2 Å². The molecule has 3 heterocycles. The second kappa shape index (κ2) is 7.93. The predicted octanol–water partition coefficient (Wildman–Crippen LogP) is 3.36. The Kier molecular flexibility index (Phi) is 4.98. The van der Waals surface area contributed by atoms with Crippen molar-refractivity contribution in [2.75, 3.05) is 13.1 Å². The van der Waals surface area contributed by atoms with Gasteiger partial charge in [0.2, 0.25) is 0 Å². The Hall–Kier alpha value is -3.16. The van der Waals surface area contributed by atoms with E-state index in [0.717, 1.165) is 54.7 Å². The number of likely N-dealkylation sites (tertiary alicyclic amines) is 1. The Morgan fingerprint density at radius 2 is 2.10 bits per heavy atom. The number of hydrogen-bond acceptors (Lipinski definition) is 4. The van der Waals surface area contributed by atoms with E-state index in [1.54, 1.807) is 12.1 Å². The van der Waals surface area contributed by atoms with Crippen molar-refractivity contribution in [1.29, 1.82) is 0 Å². The molecule has 1 aliphatic heterocycles. The molecule has 2 aliphatic rings. The molecule has 156 valence electrons. The Labute approximate surface area is 173 Å². The first kappa shape index (κ1) is 18.8. The van der Waals surface area contributed by atoms with Gasteiger partial charge in [-0.15, -0.1) is 0 Å². The van der Waals surface area contributed by atoms with Crippen molar-refractivity contribution in [3.8, 4) is 5.75 Å². The molecule has 1 atom stereocenters. The summed E-state index contributed by atoms with van der Waals surface area (Å²) in [5, 5.41) is 14.8. The molecule has 0 unspecified atom stereocenters. The minimum atomic E-state index is -0.327. The molecule has 1 aromatic carbocycles. The topological polar surface area (TPSA) is 86.9 Å². The molecule has 7 nitrogen and oxygen atoms in total. The number of halogens is 1. The quantitative estimate of drug-likeness (QED) is 0.677. The lowest BCUT2D eigenvalue weighted by atomic mass is 9.95. The second-order valence-corrected chi connectivity index (χ2v) is 8.04. The van der Waals surface area contributed by atoms with Crippen LogP contribution >= 0.6 is 0 Å². The van der Waals surface area contributed by atoms with Gasteiger partial charge in [-0.3, -0.25) is 15.0 Å². The Bertz CT molecular complexity index is 1060. The first-order chi connectivity index (χ1) is 14.7. The summed E-state index contributed by atoms with van der Waals surface area (Å²) in [7, 11) is 0. The normalized spacial score (nSPS) is 18.4. The fourth-order valence-corrected chi connectivity index (χ4v) is 4.37.